The standard InChI is InChI=1S/C20H19N3O7/c1-29-13-8-9-15(17(11-13)23(27)28)21-18(24)12-30-20(26)14-5-2-3-6-16(14)22-10-4-7-19(22)25/h2-3,5-6,8-9,11H,4,7,10,12H2,1H3,(H,21,24). The third-order valence-electron chi connectivity index (χ3n) is 4.50. The van der Waals surface area contributed by atoms with Crippen molar-refractivity contribution in [2.45, 2.75) is 12.8 Å². The molecular weight excluding hydrogens is 394 g/mol. The minimum Gasteiger partial charge on any atom is -0.496 e. The van der Waals surface area contributed by atoms with Gasteiger partial charge >= 0.3 is 5.97 Å². The number of amides is 2. The average molecular weight is 413 g/mol. The molecule has 1 saturated heterocycles. The highest BCUT2D eigenvalue weighted by Crippen LogP contribution is 2.29. The van der Waals surface area contributed by atoms with E-state index in [9.17, 15) is 24.5 Å². The number of ether oxygens (including phenoxy) is 2. The van der Waals surface area contributed by atoms with Crippen molar-refractivity contribution >= 4 is 34.8 Å². The number of esters is 1. The van der Waals surface area contributed by atoms with E-state index in [1.54, 1.807) is 18.2 Å². The molecule has 0 atom stereocenters. The number of rotatable bonds is 7. The molecule has 30 heavy (non-hydrogen) atoms. The molecular formula is C20H19N3O7. The summed E-state index contributed by atoms with van der Waals surface area (Å²) in [6.45, 7) is -0.144. The lowest BCUT2D eigenvalue weighted by atomic mass is 10.1. The number of nitrogens with zero attached hydrogens (tertiary/aromatic N) is 2. The predicted molar refractivity (Wildman–Crippen MR) is 107 cm³/mol. The molecule has 1 N–H and O–H groups in total. The van der Waals surface area contributed by atoms with Gasteiger partial charge in [0.25, 0.3) is 11.6 Å². The minimum absolute atomic E-state index is 0.0510. The van der Waals surface area contributed by atoms with E-state index >= 15 is 0 Å². The number of nitrogens with one attached hydrogen (secondary N) is 1. The van der Waals surface area contributed by atoms with Gasteiger partial charge in [0.2, 0.25) is 5.91 Å². The van der Waals surface area contributed by atoms with Crippen molar-refractivity contribution in [2.75, 3.05) is 30.5 Å². The molecule has 10 nitrogen and oxygen atoms in total. The fourth-order valence-corrected chi connectivity index (χ4v) is 3.07. The van der Waals surface area contributed by atoms with E-state index in [2.05, 4.69) is 5.32 Å². The van der Waals surface area contributed by atoms with Crippen LogP contribution in [0, 0.1) is 10.1 Å². The van der Waals surface area contributed by atoms with Crippen LogP contribution in [0.15, 0.2) is 42.5 Å². The molecule has 2 aromatic rings. The molecule has 0 aliphatic carbocycles. The minimum atomic E-state index is -0.773. The molecule has 2 amide bonds. The lowest BCUT2D eigenvalue weighted by molar-refractivity contribution is -0.384. The Kier molecular flexibility index (Phi) is 6.26. The lowest BCUT2D eigenvalue weighted by Gasteiger charge is -2.18. The molecule has 1 fully saturated rings. The number of nitro benzene ring substituents is 1. The smallest absolute Gasteiger partial charge is 0.340 e. The Morgan fingerprint density at radius 1 is 1.23 bits per heavy atom. The van der Waals surface area contributed by atoms with Crippen molar-refractivity contribution < 1.29 is 28.8 Å². The highest BCUT2D eigenvalue weighted by atomic mass is 16.6. The van der Waals surface area contributed by atoms with Crippen LogP contribution in [0.5, 0.6) is 5.75 Å². The van der Waals surface area contributed by atoms with Gasteiger partial charge in [0.05, 0.1) is 29.4 Å². The van der Waals surface area contributed by atoms with E-state index in [4.69, 9.17) is 9.47 Å². The van der Waals surface area contributed by atoms with Crippen molar-refractivity contribution in [3.05, 3.63) is 58.1 Å². The van der Waals surface area contributed by atoms with Gasteiger partial charge in [0.1, 0.15) is 11.4 Å². The Morgan fingerprint density at radius 3 is 2.67 bits per heavy atom. The third kappa shape index (κ3) is 4.54. The Labute approximate surface area is 171 Å². The van der Waals surface area contributed by atoms with E-state index < -0.39 is 23.4 Å². The number of methoxy groups -OCH3 is 1. The van der Waals surface area contributed by atoms with Crippen molar-refractivity contribution in [3.63, 3.8) is 0 Å². The molecule has 0 spiro atoms. The van der Waals surface area contributed by atoms with Gasteiger partial charge in [-0.3, -0.25) is 19.7 Å². The van der Waals surface area contributed by atoms with E-state index in [0.717, 1.165) is 0 Å². The summed E-state index contributed by atoms with van der Waals surface area (Å²) in [5, 5.41) is 13.5. The largest absolute Gasteiger partial charge is 0.496 e. The van der Waals surface area contributed by atoms with Crippen LogP contribution in [0.1, 0.15) is 23.2 Å². The molecule has 0 aromatic heterocycles. The molecule has 0 unspecified atom stereocenters. The zero-order valence-corrected chi connectivity index (χ0v) is 16.1. The molecule has 0 radical (unpaired) electrons. The Balaban J connectivity index is 1.67. The highest BCUT2D eigenvalue weighted by molar-refractivity contribution is 6.04. The maximum Gasteiger partial charge on any atom is 0.340 e. The Bertz CT molecular complexity index is 1010. The third-order valence-corrected chi connectivity index (χ3v) is 4.50. The summed E-state index contributed by atoms with van der Waals surface area (Å²) < 4.78 is 10.00. The zero-order valence-electron chi connectivity index (χ0n) is 16.1. The van der Waals surface area contributed by atoms with Gasteiger partial charge in [-0.2, -0.15) is 0 Å². The monoisotopic (exact) mass is 413 g/mol. The van der Waals surface area contributed by atoms with Crippen LogP contribution in [0.25, 0.3) is 0 Å². The van der Waals surface area contributed by atoms with Crippen LogP contribution in [0.3, 0.4) is 0 Å². The molecule has 1 heterocycles. The van der Waals surface area contributed by atoms with E-state index in [0.29, 0.717) is 25.1 Å². The maximum absolute atomic E-state index is 12.5. The highest BCUT2D eigenvalue weighted by Gasteiger charge is 2.26. The van der Waals surface area contributed by atoms with Crippen LogP contribution >= 0.6 is 0 Å². The molecule has 3 rings (SSSR count). The molecule has 2 aromatic carbocycles. The van der Waals surface area contributed by atoms with Gasteiger partial charge in [0.15, 0.2) is 6.61 Å². The molecule has 0 bridgehead atoms. The van der Waals surface area contributed by atoms with Crippen LogP contribution in [-0.4, -0.2) is 43.0 Å². The van der Waals surface area contributed by atoms with Crippen LogP contribution in [0.2, 0.25) is 0 Å². The van der Waals surface area contributed by atoms with E-state index in [1.807, 2.05) is 0 Å². The van der Waals surface area contributed by atoms with Gasteiger partial charge in [0, 0.05) is 13.0 Å². The van der Waals surface area contributed by atoms with Crippen LogP contribution in [0.4, 0.5) is 17.1 Å². The quantitative estimate of drug-likeness (QED) is 0.420. The fraction of sp³-hybridized carbons (Fsp3) is 0.250. The van der Waals surface area contributed by atoms with Crippen molar-refractivity contribution in [1.82, 2.24) is 0 Å². The number of para-hydroxylation sites is 1. The summed E-state index contributed by atoms with van der Waals surface area (Å²) >= 11 is 0. The molecule has 0 saturated carbocycles. The number of benzene rings is 2. The number of anilines is 2. The first-order chi connectivity index (χ1) is 14.4. The van der Waals surface area contributed by atoms with Crippen molar-refractivity contribution in [2.24, 2.45) is 0 Å². The number of carbonyl (C=O) groups is 3. The zero-order chi connectivity index (χ0) is 21.7. The van der Waals surface area contributed by atoms with Gasteiger partial charge in [-0.25, -0.2) is 4.79 Å². The van der Waals surface area contributed by atoms with Gasteiger partial charge < -0.3 is 19.7 Å². The summed E-state index contributed by atoms with van der Waals surface area (Å²) in [6, 6.07) is 10.4. The summed E-state index contributed by atoms with van der Waals surface area (Å²) in [7, 11) is 1.37. The van der Waals surface area contributed by atoms with Crippen molar-refractivity contribution in [1.29, 1.82) is 0 Å². The number of hydrogen-bond acceptors (Lipinski definition) is 7. The summed E-state index contributed by atoms with van der Waals surface area (Å²) in [4.78, 5) is 48.7. The lowest BCUT2D eigenvalue weighted by Crippen LogP contribution is -2.27. The number of nitro groups is 1. The Hall–Kier alpha value is -3.95. The second-order valence-electron chi connectivity index (χ2n) is 6.43. The maximum atomic E-state index is 12.5. The van der Waals surface area contributed by atoms with Gasteiger partial charge in [-0.05, 0) is 30.7 Å². The normalized spacial score (nSPS) is 13.1. The summed E-state index contributed by atoms with van der Waals surface area (Å²) in [5.74, 6) is -1.34. The number of hydrogen-bond donors (Lipinski definition) is 1. The molecule has 1 aliphatic rings. The van der Waals surface area contributed by atoms with Gasteiger partial charge in [-0.1, -0.05) is 12.1 Å². The SMILES string of the molecule is COc1ccc(NC(=O)COC(=O)c2ccccc2N2CCCC2=O)c([N+](=O)[O-])c1. The van der Waals surface area contributed by atoms with Crippen molar-refractivity contribution in [3.8, 4) is 5.75 Å². The molecule has 156 valence electrons. The van der Waals surface area contributed by atoms with Crippen LogP contribution < -0.4 is 15.0 Å². The second-order valence-corrected chi connectivity index (χ2v) is 6.43. The number of carbonyl (C=O) groups excluding carboxylic acids is 3. The van der Waals surface area contributed by atoms with Gasteiger partial charge in [-0.15, -0.1) is 0 Å². The van der Waals surface area contributed by atoms with E-state index in [1.165, 1.54) is 36.3 Å². The first-order valence-corrected chi connectivity index (χ1v) is 9.09. The van der Waals surface area contributed by atoms with E-state index in [-0.39, 0.29) is 28.6 Å². The summed E-state index contributed by atoms with van der Waals surface area (Å²) in [6.07, 6.45) is 1.11. The summed E-state index contributed by atoms with van der Waals surface area (Å²) in [5.41, 5.74) is 0.184. The van der Waals surface area contributed by atoms with Crippen LogP contribution in [-0.2, 0) is 14.3 Å². The first kappa shape index (κ1) is 20.8. The fourth-order valence-electron chi connectivity index (χ4n) is 3.07. The first-order valence-electron chi connectivity index (χ1n) is 9.09. The average Bonchev–Trinajstić information content (AvgIpc) is 3.17. The Morgan fingerprint density at radius 2 is 2.00 bits per heavy atom. The predicted octanol–water partition coefficient (Wildman–Crippen LogP) is 2.53. The second kappa shape index (κ2) is 9.03. The molecule has 1 aliphatic heterocycles. The molecule has 10 heteroatoms. The topological polar surface area (TPSA) is 128 Å².